The van der Waals surface area contributed by atoms with Crippen molar-refractivity contribution in [2.24, 2.45) is 0 Å². The van der Waals surface area contributed by atoms with Crippen molar-refractivity contribution < 1.29 is 4.79 Å². The lowest BCUT2D eigenvalue weighted by Crippen LogP contribution is -2.23. The van der Waals surface area contributed by atoms with Gasteiger partial charge in [0.1, 0.15) is 5.82 Å². The number of benzene rings is 1. The summed E-state index contributed by atoms with van der Waals surface area (Å²) in [5.41, 5.74) is 5.12. The Kier molecular flexibility index (Phi) is 5.25. The molecular formula is C25H28N6O. The van der Waals surface area contributed by atoms with E-state index in [9.17, 15) is 4.79 Å². The molecule has 1 aromatic carbocycles. The topological polar surface area (TPSA) is 77.6 Å². The maximum atomic E-state index is 13.3. The van der Waals surface area contributed by atoms with Crippen molar-refractivity contribution in [3.05, 3.63) is 65.4 Å². The van der Waals surface area contributed by atoms with Crippen molar-refractivity contribution in [3.63, 3.8) is 0 Å². The van der Waals surface area contributed by atoms with Crippen molar-refractivity contribution in [1.82, 2.24) is 29.6 Å². The van der Waals surface area contributed by atoms with Crippen molar-refractivity contribution in [3.8, 4) is 11.3 Å². The van der Waals surface area contributed by atoms with Crippen LogP contribution in [0.4, 0.5) is 0 Å². The van der Waals surface area contributed by atoms with Crippen LogP contribution in [-0.2, 0) is 19.5 Å². The fourth-order valence-electron chi connectivity index (χ4n) is 4.40. The lowest BCUT2D eigenvalue weighted by Gasteiger charge is -2.12. The standard InChI is InChI=1S/C25H28N6O/c1-16(2)31-24-21(14-27-31)20(12-22(29-24)19-9-5-4-8-17(19)3)25(32)26-13-18-15-30-11-7-6-10-23(30)28-18/h4-5,8-9,12,14-16H,6-7,10-11,13H2,1-3H3,(H,26,32). The van der Waals surface area contributed by atoms with Gasteiger partial charge in [-0.25, -0.2) is 14.6 Å². The molecule has 0 fully saturated rings. The monoisotopic (exact) mass is 428 g/mol. The van der Waals surface area contributed by atoms with Crippen molar-refractivity contribution >= 4 is 16.9 Å². The molecule has 0 atom stereocenters. The van der Waals surface area contributed by atoms with Crippen LogP contribution in [0.15, 0.2) is 42.7 Å². The number of hydrogen-bond acceptors (Lipinski definition) is 4. The maximum Gasteiger partial charge on any atom is 0.252 e. The first-order valence-corrected chi connectivity index (χ1v) is 11.3. The van der Waals surface area contributed by atoms with Gasteiger partial charge in [-0.15, -0.1) is 0 Å². The van der Waals surface area contributed by atoms with E-state index in [0.29, 0.717) is 12.1 Å². The molecule has 0 aliphatic carbocycles. The number of nitrogens with one attached hydrogen (secondary N) is 1. The van der Waals surface area contributed by atoms with E-state index in [1.54, 1.807) is 6.20 Å². The van der Waals surface area contributed by atoms with Crippen molar-refractivity contribution in [2.75, 3.05) is 0 Å². The van der Waals surface area contributed by atoms with Gasteiger partial charge in [-0.1, -0.05) is 24.3 Å². The molecule has 0 spiro atoms. The van der Waals surface area contributed by atoms with Crippen molar-refractivity contribution in [1.29, 1.82) is 0 Å². The first kappa shape index (κ1) is 20.4. The molecule has 1 amide bonds. The summed E-state index contributed by atoms with van der Waals surface area (Å²) in [6.07, 6.45) is 7.18. The zero-order chi connectivity index (χ0) is 22.2. The molecule has 0 radical (unpaired) electrons. The Labute approximate surface area is 187 Å². The molecule has 0 saturated carbocycles. The molecule has 1 aliphatic heterocycles. The van der Waals surface area contributed by atoms with Crippen LogP contribution < -0.4 is 5.32 Å². The van der Waals surface area contributed by atoms with Gasteiger partial charge in [0.15, 0.2) is 5.65 Å². The molecule has 7 heteroatoms. The minimum atomic E-state index is -0.137. The first-order valence-electron chi connectivity index (χ1n) is 11.3. The quantitative estimate of drug-likeness (QED) is 0.509. The third-order valence-corrected chi connectivity index (χ3v) is 6.11. The van der Waals surface area contributed by atoms with E-state index in [-0.39, 0.29) is 11.9 Å². The first-order chi connectivity index (χ1) is 15.5. The number of hydrogen-bond donors (Lipinski definition) is 1. The fraction of sp³-hybridized carbons (Fsp3) is 0.360. The largest absolute Gasteiger partial charge is 0.346 e. The van der Waals surface area contributed by atoms with Crippen LogP contribution >= 0.6 is 0 Å². The lowest BCUT2D eigenvalue weighted by atomic mass is 10.0. The van der Waals surface area contributed by atoms with Gasteiger partial charge < -0.3 is 9.88 Å². The van der Waals surface area contributed by atoms with E-state index in [0.717, 1.165) is 52.3 Å². The lowest BCUT2D eigenvalue weighted by molar-refractivity contribution is 0.0952. The van der Waals surface area contributed by atoms with Crippen molar-refractivity contribution in [2.45, 2.75) is 59.2 Å². The van der Waals surface area contributed by atoms with E-state index in [2.05, 4.69) is 48.0 Å². The molecule has 7 nitrogen and oxygen atoms in total. The summed E-state index contributed by atoms with van der Waals surface area (Å²) in [5.74, 6) is 0.980. The van der Waals surface area contributed by atoms with Gasteiger partial charge in [0.05, 0.1) is 35.1 Å². The molecule has 0 unspecified atom stereocenters. The molecule has 5 rings (SSSR count). The highest BCUT2D eigenvalue weighted by Gasteiger charge is 2.20. The maximum absolute atomic E-state index is 13.3. The van der Waals surface area contributed by atoms with Gasteiger partial charge in [0, 0.05) is 30.8 Å². The average Bonchev–Trinajstić information content (AvgIpc) is 3.41. The smallest absolute Gasteiger partial charge is 0.252 e. The minimum Gasteiger partial charge on any atom is -0.346 e. The average molecular weight is 429 g/mol. The molecule has 3 aromatic heterocycles. The SMILES string of the molecule is Cc1ccccc1-c1cc(C(=O)NCc2cn3c(n2)CCCC3)c2cnn(C(C)C)c2n1. The third-order valence-electron chi connectivity index (χ3n) is 6.11. The van der Waals surface area contributed by atoms with E-state index in [1.807, 2.05) is 28.9 Å². The van der Waals surface area contributed by atoms with Gasteiger partial charge in [-0.2, -0.15) is 5.10 Å². The van der Waals surface area contributed by atoms with E-state index < -0.39 is 0 Å². The molecule has 0 bridgehead atoms. The van der Waals surface area contributed by atoms with Crippen LogP contribution in [0.2, 0.25) is 0 Å². The van der Waals surface area contributed by atoms with Crippen LogP contribution in [0.25, 0.3) is 22.3 Å². The normalized spacial score (nSPS) is 13.5. The predicted molar refractivity (Wildman–Crippen MR) is 124 cm³/mol. The Hall–Kier alpha value is -3.48. The summed E-state index contributed by atoms with van der Waals surface area (Å²) >= 11 is 0. The third kappa shape index (κ3) is 3.68. The van der Waals surface area contributed by atoms with Gasteiger partial charge in [0.2, 0.25) is 0 Å². The number of aryl methyl sites for hydroxylation is 3. The Balaban J connectivity index is 1.51. The number of aromatic nitrogens is 5. The number of imidazole rings is 1. The summed E-state index contributed by atoms with van der Waals surface area (Å²) in [5, 5.41) is 8.35. The molecule has 4 heterocycles. The Morgan fingerprint density at radius 2 is 2.03 bits per heavy atom. The predicted octanol–water partition coefficient (Wildman–Crippen LogP) is 4.45. The summed E-state index contributed by atoms with van der Waals surface area (Å²) < 4.78 is 4.08. The second-order valence-electron chi connectivity index (χ2n) is 8.77. The number of nitrogens with zero attached hydrogens (tertiary/aromatic N) is 5. The summed E-state index contributed by atoms with van der Waals surface area (Å²) in [6, 6.07) is 10.1. The number of amides is 1. The molecule has 4 aromatic rings. The Bertz CT molecular complexity index is 1280. The van der Waals surface area contributed by atoms with E-state index in [4.69, 9.17) is 9.97 Å². The highest BCUT2D eigenvalue weighted by atomic mass is 16.1. The van der Waals surface area contributed by atoms with Crippen LogP contribution in [0, 0.1) is 6.92 Å². The van der Waals surface area contributed by atoms with E-state index >= 15 is 0 Å². The number of rotatable bonds is 5. The molecule has 1 aliphatic rings. The number of fused-ring (bicyclic) bond motifs is 2. The van der Waals surface area contributed by atoms with E-state index in [1.165, 1.54) is 12.8 Å². The molecule has 164 valence electrons. The second kappa shape index (κ2) is 8.22. The van der Waals surface area contributed by atoms with Gasteiger partial charge >= 0.3 is 0 Å². The minimum absolute atomic E-state index is 0.137. The fourth-order valence-corrected chi connectivity index (χ4v) is 4.40. The zero-order valence-electron chi connectivity index (χ0n) is 18.8. The molecular weight excluding hydrogens is 400 g/mol. The highest BCUT2D eigenvalue weighted by molar-refractivity contribution is 6.06. The van der Waals surface area contributed by atoms with Crippen LogP contribution in [0.5, 0.6) is 0 Å². The Morgan fingerprint density at radius 3 is 2.81 bits per heavy atom. The molecule has 32 heavy (non-hydrogen) atoms. The number of carbonyl (C=O) groups excluding carboxylic acids is 1. The molecule has 0 saturated heterocycles. The number of carbonyl (C=O) groups is 1. The highest BCUT2D eigenvalue weighted by Crippen LogP contribution is 2.28. The van der Waals surface area contributed by atoms with Crippen LogP contribution in [-0.4, -0.2) is 30.2 Å². The van der Waals surface area contributed by atoms with Gasteiger partial charge in [-0.3, -0.25) is 4.79 Å². The van der Waals surface area contributed by atoms with Crippen LogP contribution in [0.3, 0.4) is 0 Å². The summed E-state index contributed by atoms with van der Waals surface area (Å²) in [4.78, 5) is 22.9. The second-order valence-corrected chi connectivity index (χ2v) is 8.77. The van der Waals surface area contributed by atoms with Crippen LogP contribution in [0.1, 0.15) is 60.2 Å². The van der Waals surface area contributed by atoms with Gasteiger partial charge in [-0.05, 0) is 45.2 Å². The zero-order valence-corrected chi connectivity index (χ0v) is 18.8. The Morgan fingerprint density at radius 1 is 1.19 bits per heavy atom. The summed E-state index contributed by atoms with van der Waals surface area (Å²) in [7, 11) is 0. The van der Waals surface area contributed by atoms with Gasteiger partial charge in [0.25, 0.3) is 5.91 Å². The summed E-state index contributed by atoms with van der Waals surface area (Å²) in [6.45, 7) is 7.60. The number of pyridine rings is 1. The molecule has 1 N–H and O–H groups in total.